The normalized spacial score (nSPS) is 46.3. The summed E-state index contributed by atoms with van der Waals surface area (Å²) < 4.78 is 10.7. The van der Waals surface area contributed by atoms with Crippen molar-refractivity contribution in [2.24, 2.45) is 23.7 Å². The van der Waals surface area contributed by atoms with Gasteiger partial charge in [-0.1, -0.05) is 6.58 Å². The second-order valence-electron chi connectivity index (χ2n) is 5.65. The molecule has 0 spiro atoms. The SMILES string of the molecule is C=C(C)C(=O)OC1C2CC3C1OC(O)C3C2C(=O)O. The summed E-state index contributed by atoms with van der Waals surface area (Å²) in [5.41, 5.74) is 0.268. The van der Waals surface area contributed by atoms with Crippen LogP contribution in [0, 0.1) is 23.7 Å². The first-order chi connectivity index (χ1) is 8.91. The van der Waals surface area contributed by atoms with E-state index >= 15 is 0 Å². The van der Waals surface area contributed by atoms with Crippen LogP contribution >= 0.6 is 0 Å². The van der Waals surface area contributed by atoms with Crippen molar-refractivity contribution in [1.29, 1.82) is 0 Å². The molecule has 2 aliphatic carbocycles. The van der Waals surface area contributed by atoms with Gasteiger partial charge in [0.25, 0.3) is 0 Å². The van der Waals surface area contributed by atoms with E-state index < -0.39 is 30.3 Å². The third-order valence-corrected chi connectivity index (χ3v) is 4.58. The van der Waals surface area contributed by atoms with Gasteiger partial charge in [0.2, 0.25) is 0 Å². The van der Waals surface area contributed by atoms with E-state index in [2.05, 4.69) is 6.58 Å². The highest BCUT2D eigenvalue weighted by Gasteiger charge is 2.68. The molecule has 104 valence electrons. The summed E-state index contributed by atoms with van der Waals surface area (Å²) in [6.07, 6.45) is -1.43. The molecule has 1 aliphatic heterocycles. The molecule has 2 bridgehead atoms. The highest BCUT2D eigenvalue weighted by atomic mass is 16.6. The van der Waals surface area contributed by atoms with E-state index in [1.807, 2.05) is 0 Å². The fourth-order valence-electron chi connectivity index (χ4n) is 3.89. The molecule has 0 aromatic rings. The van der Waals surface area contributed by atoms with E-state index in [9.17, 15) is 19.8 Å². The number of carbonyl (C=O) groups is 2. The van der Waals surface area contributed by atoms with Gasteiger partial charge in [-0.05, 0) is 19.3 Å². The molecule has 0 amide bonds. The van der Waals surface area contributed by atoms with Crippen LogP contribution in [0.25, 0.3) is 0 Å². The topological polar surface area (TPSA) is 93.1 Å². The van der Waals surface area contributed by atoms with Crippen LogP contribution in [0.4, 0.5) is 0 Å². The summed E-state index contributed by atoms with van der Waals surface area (Å²) in [7, 11) is 0. The Hall–Kier alpha value is -1.40. The van der Waals surface area contributed by atoms with Gasteiger partial charge >= 0.3 is 11.9 Å². The van der Waals surface area contributed by atoms with Crippen molar-refractivity contribution in [3.05, 3.63) is 12.2 Å². The number of carbonyl (C=O) groups excluding carboxylic acids is 1. The number of carboxylic acid groups (broad SMARTS) is 1. The zero-order chi connectivity index (χ0) is 13.9. The van der Waals surface area contributed by atoms with Crippen molar-refractivity contribution >= 4 is 11.9 Å². The number of esters is 1. The lowest BCUT2D eigenvalue weighted by atomic mass is 9.78. The number of aliphatic hydroxyl groups is 1. The zero-order valence-corrected chi connectivity index (χ0v) is 10.5. The number of aliphatic hydroxyl groups excluding tert-OH is 1. The van der Waals surface area contributed by atoms with Gasteiger partial charge in [0.15, 0.2) is 6.29 Å². The molecule has 7 unspecified atom stereocenters. The second-order valence-corrected chi connectivity index (χ2v) is 5.65. The van der Waals surface area contributed by atoms with E-state index in [1.165, 1.54) is 6.92 Å². The first-order valence-corrected chi connectivity index (χ1v) is 6.34. The van der Waals surface area contributed by atoms with Crippen LogP contribution in [0.3, 0.4) is 0 Å². The Kier molecular flexibility index (Phi) is 2.69. The molecule has 19 heavy (non-hydrogen) atoms. The van der Waals surface area contributed by atoms with E-state index in [0.29, 0.717) is 6.42 Å². The summed E-state index contributed by atoms with van der Waals surface area (Å²) in [5.74, 6) is -2.91. The summed E-state index contributed by atoms with van der Waals surface area (Å²) in [6.45, 7) is 5.05. The third-order valence-electron chi connectivity index (χ3n) is 4.58. The minimum absolute atomic E-state index is 0.0379. The molecule has 0 aromatic carbocycles. The van der Waals surface area contributed by atoms with Crippen LogP contribution in [0.15, 0.2) is 12.2 Å². The van der Waals surface area contributed by atoms with Gasteiger partial charge < -0.3 is 19.7 Å². The molecule has 1 saturated heterocycles. The van der Waals surface area contributed by atoms with E-state index in [1.54, 1.807) is 0 Å². The second kappa shape index (κ2) is 4.05. The Labute approximate surface area is 110 Å². The van der Waals surface area contributed by atoms with Gasteiger partial charge in [0.1, 0.15) is 12.2 Å². The fourth-order valence-corrected chi connectivity index (χ4v) is 3.89. The molecule has 3 rings (SSSR count). The molecule has 6 heteroatoms. The average molecular weight is 268 g/mol. The highest BCUT2D eigenvalue weighted by Crippen LogP contribution is 2.59. The smallest absolute Gasteiger partial charge is 0.333 e. The van der Waals surface area contributed by atoms with E-state index in [4.69, 9.17) is 9.47 Å². The fraction of sp³-hybridized carbons (Fsp3) is 0.692. The van der Waals surface area contributed by atoms with E-state index in [-0.39, 0.29) is 29.4 Å². The number of ether oxygens (including phenoxy) is 2. The Bertz CT molecular complexity index is 458. The lowest BCUT2D eigenvalue weighted by molar-refractivity contribution is -0.162. The van der Waals surface area contributed by atoms with Crippen LogP contribution in [0.2, 0.25) is 0 Å². The number of rotatable bonds is 3. The third kappa shape index (κ3) is 1.63. The molecule has 3 aliphatic rings. The molecule has 1 heterocycles. The Morgan fingerprint density at radius 3 is 2.63 bits per heavy atom. The number of hydrogen-bond donors (Lipinski definition) is 2. The first kappa shape index (κ1) is 12.6. The van der Waals surface area contributed by atoms with Gasteiger partial charge in [-0.15, -0.1) is 0 Å². The van der Waals surface area contributed by atoms with Crippen LogP contribution in [-0.4, -0.2) is 40.6 Å². The molecule has 0 aromatic heterocycles. The number of fused-ring (bicyclic) bond motifs is 1. The predicted molar refractivity (Wildman–Crippen MR) is 61.8 cm³/mol. The summed E-state index contributed by atoms with van der Waals surface area (Å²) in [6, 6.07) is 0. The zero-order valence-electron chi connectivity index (χ0n) is 10.5. The van der Waals surface area contributed by atoms with Crippen LogP contribution in [-0.2, 0) is 19.1 Å². The van der Waals surface area contributed by atoms with E-state index in [0.717, 1.165) is 0 Å². The number of carboxylic acids is 1. The van der Waals surface area contributed by atoms with Gasteiger partial charge in [-0.25, -0.2) is 4.79 Å². The van der Waals surface area contributed by atoms with Crippen LogP contribution in [0.1, 0.15) is 13.3 Å². The standard InChI is InChI=1S/C13H16O6/c1-4(2)12(16)18-9-5-3-6-8(7(5)11(14)15)13(17)19-10(6)9/h5-10,13,17H,1,3H2,2H3,(H,14,15). The Morgan fingerprint density at radius 2 is 2.05 bits per heavy atom. The molecule has 0 radical (unpaired) electrons. The van der Waals surface area contributed by atoms with Gasteiger partial charge in [0.05, 0.1) is 5.92 Å². The lowest BCUT2D eigenvalue weighted by Crippen LogP contribution is -2.43. The van der Waals surface area contributed by atoms with Crippen LogP contribution in [0.5, 0.6) is 0 Å². The summed E-state index contributed by atoms with van der Waals surface area (Å²) in [4.78, 5) is 23.0. The average Bonchev–Trinajstić information content (AvgIpc) is 2.91. The van der Waals surface area contributed by atoms with Crippen molar-refractivity contribution in [2.75, 3.05) is 0 Å². The monoisotopic (exact) mass is 268 g/mol. The van der Waals surface area contributed by atoms with Crippen molar-refractivity contribution in [3.63, 3.8) is 0 Å². The van der Waals surface area contributed by atoms with Gasteiger partial charge in [-0.2, -0.15) is 0 Å². The largest absolute Gasteiger partial charge is 0.481 e. The lowest BCUT2D eigenvalue weighted by Gasteiger charge is -2.30. The summed E-state index contributed by atoms with van der Waals surface area (Å²) >= 11 is 0. The molecule has 3 fully saturated rings. The van der Waals surface area contributed by atoms with Gasteiger partial charge in [0, 0.05) is 17.4 Å². The maximum atomic E-state index is 11.6. The predicted octanol–water partition coefficient (Wildman–Crippen LogP) is 0.158. The molecular formula is C13H16O6. The van der Waals surface area contributed by atoms with Crippen molar-refractivity contribution in [1.82, 2.24) is 0 Å². The molecule has 2 saturated carbocycles. The molecule has 6 nitrogen and oxygen atoms in total. The number of hydrogen-bond acceptors (Lipinski definition) is 5. The minimum atomic E-state index is -1.07. The first-order valence-electron chi connectivity index (χ1n) is 6.34. The van der Waals surface area contributed by atoms with Crippen molar-refractivity contribution < 1.29 is 29.3 Å². The highest BCUT2D eigenvalue weighted by molar-refractivity contribution is 5.87. The molecular weight excluding hydrogens is 252 g/mol. The number of aliphatic carboxylic acids is 1. The van der Waals surface area contributed by atoms with Gasteiger partial charge in [-0.3, -0.25) is 4.79 Å². The Balaban J connectivity index is 1.86. The van der Waals surface area contributed by atoms with Crippen molar-refractivity contribution in [3.8, 4) is 0 Å². The quantitative estimate of drug-likeness (QED) is 0.559. The minimum Gasteiger partial charge on any atom is -0.481 e. The summed E-state index contributed by atoms with van der Waals surface area (Å²) in [5, 5.41) is 19.1. The van der Waals surface area contributed by atoms with Crippen LogP contribution < -0.4 is 0 Å². The maximum Gasteiger partial charge on any atom is 0.333 e. The molecule has 7 atom stereocenters. The molecule has 2 N–H and O–H groups in total. The Morgan fingerprint density at radius 1 is 1.37 bits per heavy atom. The van der Waals surface area contributed by atoms with Crippen molar-refractivity contribution in [2.45, 2.75) is 31.8 Å². The maximum absolute atomic E-state index is 11.6.